The molecule has 2 N–H and O–H groups in total. The molecular formula is C15H25BN2O3. The minimum absolute atomic E-state index is 0.419. The first kappa shape index (κ1) is 16.3. The second kappa shape index (κ2) is 7.80. The summed E-state index contributed by atoms with van der Waals surface area (Å²) in [6.07, 6.45) is 2.64. The first-order chi connectivity index (χ1) is 10.1. The maximum Gasteiger partial charge on any atom is 0.492 e. The van der Waals surface area contributed by atoms with Crippen LogP contribution in [0.5, 0.6) is 5.75 Å². The maximum absolute atomic E-state index is 9.40. The molecule has 0 unspecified atom stereocenters. The van der Waals surface area contributed by atoms with Crippen molar-refractivity contribution in [3.05, 3.63) is 23.8 Å². The molecule has 0 spiro atoms. The standard InChI is InChI=1S/C15H25BN2O3/c1-17(9-10-18-7-3-4-8-18)12-13-5-6-15(21-2)14(11-13)16(19)20/h5-6,11,19-20H,3-4,7-10,12H2,1-2H3. The number of ether oxygens (including phenoxy) is 1. The maximum atomic E-state index is 9.40. The van der Waals surface area contributed by atoms with Crippen LogP contribution in [-0.4, -0.2) is 67.3 Å². The lowest BCUT2D eigenvalue weighted by molar-refractivity contribution is 0.252. The molecule has 1 aliphatic heterocycles. The SMILES string of the molecule is COc1ccc(CN(C)CCN2CCCC2)cc1B(O)O. The molecule has 21 heavy (non-hydrogen) atoms. The van der Waals surface area contributed by atoms with Gasteiger partial charge in [-0.25, -0.2) is 0 Å². The molecule has 1 aliphatic rings. The average molecular weight is 292 g/mol. The van der Waals surface area contributed by atoms with Gasteiger partial charge in [0.1, 0.15) is 5.75 Å². The first-order valence-corrected chi connectivity index (χ1v) is 7.54. The molecule has 0 aromatic heterocycles. The number of hydrogen-bond donors (Lipinski definition) is 2. The molecule has 1 saturated heterocycles. The fraction of sp³-hybridized carbons (Fsp3) is 0.600. The third-order valence-corrected chi connectivity index (χ3v) is 4.02. The van der Waals surface area contributed by atoms with E-state index in [-0.39, 0.29) is 0 Å². The van der Waals surface area contributed by atoms with Crippen molar-refractivity contribution in [1.82, 2.24) is 9.80 Å². The van der Waals surface area contributed by atoms with Gasteiger partial charge in [0, 0.05) is 25.1 Å². The Labute approximate surface area is 127 Å². The molecule has 6 heteroatoms. The Balaban J connectivity index is 1.90. The van der Waals surface area contributed by atoms with E-state index < -0.39 is 7.12 Å². The quantitative estimate of drug-likeness (QED) is 0.688. The molecule has 116 valence electrons. The summed E-state index contributed by atoms with van der Waals surface area (Å²) >= 11 is 0. The predicted molar refractivity (Wildman–Crippen MR) is 84.8 cm³/mol. The van der Waals surface area contributed by atoms with Crippen LogP contribution < -0.4 is 10.2 Å². The summed E-state index contributed by atoms with van der Waals surface area (Å²) in [7, 11) is 2.12. The number of likely N-dealkylation sites (tertiary alicyclic amines) is 1. The highest BCUT2D eigenvalue weighted by Crippen LogP contribution is 2.12. The number of hydrogen-bond acceptors (Lipinski definition) is 5. The van der Waals surface area contributed by atoms with E-state index in [1.54, 1.807) is 12.1 Å². The second-order valence-corrected chi connectivity index (χ2v) is 5.74. The zero-order valence-electron chi connectivity index (χ0n) is 13.0. The smallest absolute Gasteiger partial charge is 0.492 e. The van der Waals surface area contributed by atoms with E-state index >= 15 is 0 Å². The molecule has 0 radical (unpaired) electrons. The van der Waals surface area contributed by atoms with Gasteiger partial charge in [-0.3, -0.25) is 0 Å². The fourth-order valence-corrected chi connectivity index (χ4v) is 2.79. The minimum atomic E-state index is -1.50. The first-order valence-electron chi connectivity index (χ1n) is 7.54. The number of benzene rings is 1. The fourth-order valence-electron chi connectivity index (χ4n) is 2.79. The molecule has 0 amide bonds. The van der Waals surface area contributed by atoms with E-state index in [4.69, 9.17) is 4.74 Å². The van der Waals surface area contributed by atoms with E-state index in [9.17, 15) is 10.0 Å². The van der Waals surface area contributed by atoms with Gasteiger partial charge in [0.05, 0.1) is 7.11 Å². The number of rotatable bonds is 7. The highest BCUT2D eigenvalue weighted by Gasteiger charge is 2.18. The van der Waals surface area contributed by atoms with Crippen LogP contribution in [-0.2, 0) is 6.54 Å². The van der Waals surface area contributed by atoms with Crippen molar-refractivity contribution in [1.29, 1.82) is 0 Å². The molecule has 1 aromatic carbocycles. The second-order valence-electron chi connectivity index (χ2n) is 5.74. The van der Waals surface area contributed by atoms with Crippen molar-refractivity contribution in [2.45, 2.75) is 19.4 Å². The molecule has 1 heterocycles. The summed E-state index contributed by atoms with van der Waals surface area (Å²) in [5, 5.41) is 18.8. The summed E-state index contributed by atoms with van der Waals surface area (Å²) < 4.78 is 5.14. The number of likely N-dealkylation sites (N-methyl/N-ethyl adjacent to an activating group) is 1. The predicted octanol–water partition coefficient (Wildman–Crippen LogP) is -0.0974. The molecule has 0 saturated carbocycles. The molecule has 0 aliphatic carbocycles. The van der Waals surface area contributed by atoms with E-state index in [2.05, 4.69) is 16.8 Å². The van der Waals surface area contributed by atoms with Crippen LogP contribution in [0.25, 0.3) is 0 Å². The van der Waals surface area contributed by atoms with Gasteiger partial charge >= 0.3 is 7.12 Å². The van der Waals surface area contributed by atoms with Crippen molar-refractivity contribution in [2.24, 2.45) is 0 Å². The molecule has 0 atom stereocenters. The molecule has 2 rings (SSSR count). The summed E-state index contributed by atoms with van der Waals surface area (Å²) in [6.45, 7) is 5.34. The Hall–Kier alpha value is -1.08. The van der Waals surface area contributed by atoms with E-state index in [0.29, 0.717) is 11.2 Å². The van der Waals surface area contributed by atoms with Gasteiger partial charge in [0.15, 0.2) is 0 Å². The lowest BCUT2D eigenvalue weighted by atomic mass is 9.78. The Morgan fingerprint density at radius 1 is 1.29 bits per heavy atom. The van der Waals surface area contributed by atoms with Gasteiger partial charge in [-0.1, -0.05) is 12.1 Å². The van der Waals surface area contributed by atoms with Crippen molar-refractivity contribution in [2.75, 3.05) is 40.3 Å². The van der Waals surface area contributed by atoms with E-state index in [0.717, 1.165) is 25.2 Å². The monoisotopic (exact) mass is 292 g/mol. The Kier molecular flexibility index (Phi) is 6.05. The van der Waals surface area contributed by atoms with Crippen LogP contribution in [0.1, 0.15) is 18.4 Å². The zero-order chi connectivity index (χ0) is 15.2. The molecule has 0 bridgehead atoms. The van der Waals surface area contributed by atoms with Crippen LogP contribution >= 0.6 is 0 Å². The van der Waals surface area contributed by atoms with Crippen molar-refractivity contribution >= 4 is 12.6 Å². The van der Waals surface area contributed by atoms with E-state index in [1.165, 1.54) is 33.0 Å². The van der Waals surface area contributed by atoms with Crippen LogP contribution in [0.3, 0.4) is 0 Å². The summed E-state index contributed by atoms with van der Waals surface area (Å²) in [5.41, 5.74) is 1.48. The molecule has 1 aromatic rings. The molecule has 5 nitrogen and oxygen atoms in total. The highest BCUT2D eigenvalue weighted by atomic mass is 16.5. The lowest BCUT2D eigenvalue weighted by Crippen LogP contribution is -2.33. The zero-order valence-corrected chi connectivity index (χ0v) is 13.0. The Bertz CT molecular complexity index is 451. The Morgan fingerprint density at radius 2 is 2.00 bits per heavy atom. The topological polar surface area (TPSA) is 56.2 Å². The van der Waals surface area contributed by atoms with Crippen molar-refractivity contribution in [3.63, 3.8) is 0 Å². The van der Waals surface area contributed by atoms with Crippen LogP contribution in [0.4, 0.5) is 0 Å². The van der Waals surface area contributed by atoms with Gasteiger partial charge in [-0.2, -0.15) is 0 Å². The van der Waals surface area contributed by atoms with E-state index in [1.807, 2.05) is 6.07 Å². The lowest BCUT2D eigenvalue weighted by Gasteiger charge is -2.21. The molecule has 1 fully saturated rings. The summed E-state index contributed by atoms with van der Waals surface area (Å²) in [4.78, 5) is 4.75. The van der Waals surface area contributed by atoms with Gasteiger partial charge in [-0.15, -0.1) is 0 Å². The number of nitrogens with zero attached hydrogens (tertiary/aromatic N) is 2. The highest BCUT2D eigenvalue weighted by molar-refractivity contribution is 6.59. The average Bonchev–Trinajstić information content (AvgIpc) is 2.98. The van der Waals surface area contributed by atoms with Gasteiger partial charge in [0.25, 0.3) is 0 Å². The van der Waals surface area contributed by atoms with Crippen molar-refractivity contribution < 1.29 is 14.8 Å². The van der Waals surface area contributed by atoms with Gasteiger partial charge in [-0.05, 0) is 44.6 Å². The van der Waals surface area contributed by atoms with Crippen LogP contribution in [0.15, 0.2) is 18.2 Å². The largest absolute Gasteiger partial charge is 0.497 e. The van der Waals surface area contributed by atoms with Crippen molar-refractivity contribution in [3.8, 4) is 5.75 Å². The Morgan fingerprint density at radius 3 is 2.62 bits per heavy atom. The summed E-state index contributed by atoms with van der Waals surface area (Å²) in [5.74, 6) is 0.508. The van der Waals surface area contributed by atoms with Gasteiger partial charge < -0.3 is 24.6 Å². The minimum Gasteiger partial charge on any atom is -0.497 e. The normalized spacial score (nSPS) is 15.7. The third kappa shape index (κ3) is 4.71. The van der Waals surface area contributed by atoms with Crippen LogP contribution in [0.2, 0.25) is 0 Å². The van der Waals surface area contributed by atoms with Crippen LogP contribution in [0, 0.1) is 0 Å². The summed E-state index contributed by atoms with van der Waals surface area (Å²) in [6, 6.07) is 5.56. The molecular weight excluding hydrogens is 267 g/mol. The third-order valence-electron chi connectivity index (χ3n) is 4.02. The number of methoxy groups -OCH3 is 1. The van der Waals surface area contributed by atoms with Gasteiger partial charge in [0.2, 0.25) is 0 Å².